The predicted octanol–water partition coefficient (Wildman–Crippen LogP) is 0.406. The summed E-state index contributed by atoms with van der Waals surface area (Å²) in [4.78, 5) is 10.8. The Morgan fingerprint density at radius 3 is 2.00 bits per heavy atom. The standard InChI is InChI=1S/C8H15NO2/c9-8(7(10)11)5-3-1-2-4-6-8/h1-6,9H2,(H,10,11)/p+1. The van der Waals surface area contributed by atoms with E-state index in [9.17, 15) is 4.79 Å². The van der Waals surface area contributed by atoms with Gasteiger partial charge in [-0.3, -0.25) is 0 Å². The maximum absolute atomic E-state index is 10.8. The smallest absolute Gasteiger partial charge is 0.365 e. The van der Waals surface area contributed by atoms with E-state index in [0.717, 1.165) is 25.7 Å². The van der Waals surface area contributed by atoms with Crippen molar-refractivity contribution in [1.29, 1.82) is 0 Å². The number of rotatable bonds is 1. The quantitative estimate of drug-likeness (QED) is 0.543. The predicted molar refractivity (Wildman–Crippen MR) is 41.0 cm³/mol. The molecule has 3 heteroatoms. The Labute approximate surface area is 66.6 Å². The van der Waals surface area contributed by atoms with Gasteiger partial charge in [0.1, 0.15) is 0 Å². The van der Waals surface area contributed by atoms with Crippen molar-refractivity contribution in [3.63, 3.8) is 0 Å². The average molecular weight is 158 g/mol. The SMILES string of the molecule is [NH3+]C1(C(=O)O)CCCCCC1. The van der Waals surface area contributed by atoms with E-state index in [4.69, 9.17) is 5.11 Å². The highest BCUT2D eigenvalue weighted by Crippen LogP contribution is 2.23. The van der Waals surface area contributed by atoms with E-state index in [0.29, 0.717) is 0 Å². The molecule has 0 bridgehead atoms. The van der Waals surface area contributed by atoms with Gasteiger partial charge in [-0.15, -0.1) is 0 Å². The molecule has 0 radical (unpaired) electrons. The van der Waals surface area contributed by atoms with Gasteiger partial charge in [-0.05, 0) is 12.8 Å². The molecule has 0 unspecified atom stereocenters. The first kappa shape index (κ1) is 8.53. The first-order chi connectivity index (χ1) is 5.15. The van der Waals surface area contributed by atoms with Crippen LogP contribution >= 0.6 is 0 Å². The van der Waals surface area contributed by atoms with E-state index in [1.54, 1.807) is 0 Å². The van der Waals surface area contributed by atoms with Crippen LogP contribution in [0, 0.1) is 0 Å². The van der Waals surface area contributed by atoms with Gasteiger partial charge < -0.3 is 10.8 Å². The number of hydrogen-bond donors (Lipinski definition) is 2. The van der Waals surface area contributed by atoms with Crippen molar-refractivity contribution >= 4 is 5.97 Å². The molecular formula is C8H16NO2+. The normalized spacial score (nSPS) is 24.1. The van der Waals surface area contributed by atoms with Crippen LogP contribution in [0.4, 0.5) is 0 Å². The van der Waals surface area contributed by atoms with E-state index >= 15 is 0 Å². The van der Waals surface area contributed by atoms with Gasteiger partial charge in [0.05, 0.1) is 0 Å². The topological polar surface area (TPSA) is 64.9 Å². The van der Waals surface area contributed by atoms with Crippen LogP contribution in [0.1, 0.15) is 38.5 Å². The minimum atomic E-state index is -0.723. The van der Waals surface area contributed by atoms with Gasteiger partial charge in [-0.1, -0.05) is 12.8 Å². The lowest BCUT2D eigenvalue weighted by Crippen LogP contribution is -2.76. The van der Waals surface area contributed by atoms with Crippen molar-refractivity contribution in [3.8, 4) is 0 Å². The maximum atomic E-state index is 10.8. The van der Waals surface area contributed by atoms with Gasteiger partial charge in [0.25, 0.3) is 0 Å². The Hall–Kier alpha value is -0.570. The minimum Gasteiger partial charge on any atom is -0.477 e. The summed E-state index contributed by atoms with van der Waals surface area (Å²) in [7, 11) is 0. The van der Waals surface area contributed by atoms with Crippen LogP contribution in [0.25, 0.3) is 0 Å². The molecule has 1 aliphatic rings. The van der Waals surface area contributed by atoms with Gasteiger partial charge in [-0.25, -0.2) is 4.79 Å². The molecule has 1 rings (SSSR count). The highest BCUT2D eigenvalue weighted by molar-refractivity contribution is 5.76. The number of carbonyl (C=O) groups is 1. The number of aliphatic carboxylic acids is 1. The molecule has 0 spiro atoms. The van der Waals surface area contributed by atoms with Crippen molar-refractivity contribution in [2.75, 3.05) is 0 Å². The molecule has 3 nitrogen and oxygen atoms in total. The first-order valence-corrected chi connectivity index (χ1v) is 4.24. The summed E-state index contributed by atoms with van der Waals surface area (Å²) in [6.45, 7) is 0. The zero-order chi connectivity index (χ0) is 8.32. The number of carboxylic acid groups (broad SMARTS) is 1. The van der Waals surface area contributed by atoms with E-state index in [-0.39, 0.29) is 0 Å². The molecule has 0 atom stereocenters. The van der Waals surface area contributed by atoms with E-state index in [1.165, 1.54) is 12.8 Å². The maximum Gasteiger partial charge on any atom is 0.365 e. The largest absolute Gasteiger partial charge is 0.477 e. The second-order valence-corrected chi connectivity index (χ2v) is 3.50. The summed E-state index contributed by atoms with van der Waals surface area (Å²) in [6.07, 6.45) is 5.89. The molecule has 0 aromatic heterocycles. The summed E-state index contributed by atoms with van der Waals surface area (Å²) >= 11 is 0. The molecule has 0 aromatic rings. The van der Waals surface area contributed by atoms with Crippen LogP contribution in [-0.2, 0) is 4.79 Å². The molecule has 1 fully saturated rings. The summed E-state index contributed by atoms with van der Waals surface area (Å²) in [5.41, 5.74) is 3.12. The Balaban J connectivity index is 2.59. The summed E-state index contributed by atoms with van der Waals surface area (Å²) in [5, 5.41) is 8.86. The number of quaternary nitrogens is 1. The van der Waals surface area contributed by atoms with Crippen molar-refractivity contribution in [1.82, 2.24) is 0 Å². The lowest BCUT2D eigenvalue weighted by Gasteiger charge is -2.17. The highest BCUT2D eigenvalue weighted by atomic mass is 16.4. The van der Waals surface area contributed by atoms with Gasteiger partial charge in [-0.2, -0.15) is 0 Å². The van der Waals surface area contributed by atoms with Gasteiger partial charge in [0, 0.05) is 12.8 Å². The second-order valence-electron chi connectivity index (χ2n) is 3.50. The Bertz CT molecular complexity index is 148. The van der Waals surface area contributed by atoms with Crippen LogP contribution in [-0.4, -0.2) is 16.6 Å². The van der Waals surface area contributed by atoms with Crippen molar-refractivity contribution in [2.24, 2.45) is 0 Å². The third kappa shape index (κ3) is 1.93. The molecule has 0 amide bonds. The lowest BCUT2D eigenvalue weighted by atomic mass is 9.92. The van der Waals surface area contributed by atoms with E-state index in [1.807, 2.05) is 0 Å². The zero-order valence-corrected chi connectivity index (χ0v) is 6.81. The van der Waals surface area contributed by atoms with Crippen LogP contribution in [0.3, 0.4) is 0 Å². The van der Waals surface area contributed by atoms with Crippen LogP contribution in [0.5, 0.6) is 0 Å². The third-order valence-electron chi connectivity index (χ3n) is 2.51. The molecule has 4 N–H and O–H groups in total. The van der Waals surface area contributed by atoms with Crippen LogP contribution in [0.15, 0.2) is 0 Å². The first-order valence-electron chi connectivity index (χ1n) is 4.24. The Morgan fingerprint density at radius 1 is 1.18 bits per heavy atom. The average Bonchev–Trinajstić information content (AvgIpc) is 2.15. The minimum absolute atomic E-state index is 0.670. The molecule has 1 aliphatic carbocycles. The molecule has 0 saturated heterocycles. The summed E-state index contributed by atoms with van der Waals surface area (Å²) in [5.74, 6) is -0.723. The van der Waals surface area contributed by atoms with Crippen LogP contribution < -0.4 is 5.73 Å². The molecule has 11 heavy (non-hydrogen) atoms. The Kier molecular flexibility index (Phi) is 2.49. The number of hydrogen-bond acceptors (Lipinski definition) is 1. The van der Waals surface area contributed by atoms with Gasteiger partial charge in [0.15, 0.2) is 5.54 Å². The van der Waals surface area contributed by atoms with Gasteiger partial charge >= 0.3 is 5.97 Å². The Morgan fingerprint density at radius 2 is 1.64 bits per heavy atom. The molecule has 1 saturated carbocycles. The molecular weight excluding hydrogens is 142 g/mol. The van der Waals surface area contributed by atoms with Crippen molar-refractivity contribution in [2.45, 2.75) is 44.1 Å². The van der Waals surface area contributed by atoms with E-state index < -0.39 is 11.5 Å². The highest BCUT2D eigenvalue weighted by Gasteiger charge is 2.38. The van der Waals surface area contributed by atoms with Crippen molar-refractivity contribution in [3.05, 3.63) is 0 Å². The van der Waals surface area contributed by atoms with Gasteiger partial charge in [0.2, 0.25) is 0 Å². The molecule has 0 heterocycles. The van der Waals surface area contributed by atoms with E-state index in [2.05, 4.69) is 5.73 Å². The molecule has 0 aliphatic heterocycles. The summed E-state index contributed by atoms with van der Waals surface area (Å²) < 4.78 is 0. The zero-order valence-electron chi connectivity index (χ0n) is 6.81. The summed E-state index contributed by atoms with van der Waals surface area (Å²) in [6, 6.07) is 0. The molecule has 0 aromatic carbocycles. The van der Waals surface area contributed by atoms with Crippen LogP contribution in [0.2, 0.25) is 0 Å². The molecule has 64 valence electrons. The fourth-order valence-electron chi connectivity index (χ4n) is 1.62. The third-order valence-corrected chi connectivity index (χ3v) is 2.51. The monoisotopic (exact) mass is 158 g/mol. The number of carboxylic acids is 1. The second kappa shape index (κ2) is 3.22. The fraction of sp³-hybridized carbons (Fsp3) is 0.875. The lowest BCUT2D eigenvalue weighted by molar-refractivity contribution is -0.465. The fourth-order valence-corrected chi connectivity index (χ4v) is 1.62. The van der Waals surface area contributed by atoms with Crippen molar-refractivity contribution < 1.29 is 15.6 Å².